The van der Waals surface area contributed by atoms with E-state index in [0.29, 0.717) is 17.2 Å². The van der Waals surface area contributed by atoms with Crippen LogP contribution >= 0.6 is 11.6 Å². The van der Waals surface area contributed by atoms with Crippen molar-refractivity contribution >= 4 is 17.4 Å². The third kappa shape index (κ3) is 1.26. The number of halogens is 1. The third-order valence-electron chi connectivity index (χ3n) is 2.94. The first-order valence-electron chi connectivity index (χ1n) is 4.80. The molecule has 1 aromatic heterocycles. The van der Waals surface area contributed by atoms with Gasteiger partial charge in [-0.2, -0.15) is 0 Å². The molecule has 2 atom stereocenters. The summed E-state index contributed by atoms with van der Waals surface area (Å²) in [5, 5.41) is 3.92. The molecule has 0 radical (unpaired) electrons. The summed E-state index contributed by atoms with van der Waals surface area (Å²) in [5.41, 5.74) is 0. The molecule has 1 N–H and O–H groups in total. The van der Waals surface area contributed by atoms with E-state index in [-0.39, 0.29) is 0 Å². The van der Waals surface area contributed by atoms with Crippen LogP contribution < -0.4 is 10.2 Å². The van der Waals surface area contributed by atoms with E-state index in [0.717, 1.165) is 18.9 Å². The molecule has 0 aliphatic carbocycles. The number of hydrogen-bond acceptors (Lipinski definition) is 4. The van der Waals surface area contributed by atoms with E-state index in [1.54, 1.807) is 12.4 Å². The minimum absolute atomic E-state index is 0.471. The standard InChI is InChI=1S/C9H11ClN4/c10-8-3-11-4-9(13-8)14-5-6-1-7(14)2-12-6/h3-4,6-7,12H,1-2,5H2. The van der Waals surface area contributed by atoms with Crippen molar-refractivity contribution in [3.63, 3.8) is 0 Å². The van der Waals surface area contributed by atoms with Gasteiger partial charge in [0, 0.05) is 25.2 Å². The van der Waals surface area contributed by atoms with Crippen LogP contribution in [0.1, 0.15) is 6.42 Å². The number of piperazine rings is 1. The quantitative estimate of drug-likeness (QED) is 0.740. The van der Waals surface area contributed by atoms with Gasteiger partial charge in [0.15, 0.2) is 0 Å². The highest BCUT2D eigenvalue weighted by Crippen LogP contribution is 2.27. The highest BCUT2D eigenvalue weighted by atomic mass is 35.5. The second-order valence-corrected chi connectivity index (χ2v) is 4.23. The Kier molecular flexibility index (Phi) is 1.85. The molecular formula is C9H11ClN4. The zero-order valence-electron chi connectivity index (χ0n) is 7.65. The molecule has 2 saturated heterocycles. The fourth-order valence-corrected chi connectivity index (χ4v) is 2.46. The molecule has 2 unspecified atom stereocenters. The van der Waals surface area contributed by atoms with Gasteiger partial charge in [0.25, 0.3) is 0 Å². The van der Waals surface area contributed by atoms with Crippen molar-refractivity contribution in [3.05, 3.63) is 17.5 Å². The average molecular weight is 211 g/mol. The van der Waals surface area contributed by atoms with Gasteiger partial charge in [0.2, 0.25) is 0 Å². The van der Waals surface area contributed by atoms with Crippen LogP contribution in [0, 0.1) is 0 Å². The predicted molar refractivity (Wildman–Crippen MR) is 54.6 cm³/mol. The first-order valence-corrected chi connectivity index (χ1v) is 5.18. The zero-order valence-corrected chi connectivity index (χ0v) is 8.41. The Morgan fingerprint density at radius 1 is 1.50 bits per heavy atom. The number of anilines is 1. The smallest absolute Gasteiger partial charge is 0.149 e. The lowest BCUT2D eigenvalue weighted by molar-refractivity contribution is 0.576. The molecule has 0 amide bonds. The molecule has 3 heterocycles. The monoisotopic (exact) mass is 210 g/mol. The summed E-state index contributed by atoms with van der Waals surface area (Å²) in [6.45, 7) is 2.08. The van der Waals surface area contributed by atoms with Gasteiger partial charge in [-0.3, -0.25) is 4.98 Å². The van der Waals surface area contributed by atoms with Gasteiger partial charge < -0.3 is 10.2 Å². The molecule has 0 spiro atoms. The van der Waals surface area contributed by atoms with Crippen molar-refractivity contribution in [2.75, 3.05) is 18.0 Å². The Morgan fingerprint density at radius 3 is 3.07 bits per heavy atom. The van der Waals surface area contributed by atoms with Gasteiger partial charge in [0.05, 0.1) is 12.4 Å². The van der Waals surface area contributed by atoms with Crippen molar-refractivity contribution < 1.29 is 0 Å². The topological polar surface area (TPSA) is 41.1 Å². The van der Waals surface area contributed by atoms with Crippen molar-refractivity contribution in [2.45, 2.75) is 18.5 Å². The van der Waals surface area contributed by atoms with E-state index in [1.807, 2.05) is 0 Å². The molecule has 74 valence electrons. The van der Waals surface area contributed by atoms with Gasteiger partial charge >= 0.3 is 0 Å². The predicted octanol–water partition coefficient (Wildman–Crippen LogP) is 0.680. The second-order valence-electron chi connectivity index (χ2n) is 3.85. The van der Waals surface area contributed by atoms with Crippen LogP contribution in [0.2, 0.25) is 5.15 Å². The number of nitrogens with zero attached hydrogens (tertiary/aromatic N) is 3. The summed E-state index contributed by atoms with van der Waals surface area (Å²) in [6.07, 6.45) is 4.57. The maximum atomic E-state index is 5.81. The Balaban J connectivity index is 1.89. The molecular weight excluding hydrogens is 200 g/mol. The van der Waals surface area contributed by atoms with Crippen LogP contribution in [0.25, 0.3) is 0 Å². The highest BCUT2D eigenvalue weighted by Gasteiger charge is 2.38. The largest absolute Gasteiger partial charge is 0.349 e. The molecule has 2 fully saturated rings. The Morgan fingerprint density at radius 2 is 2.43 bits per heavy atom. The Labute approximate surface area is 87.3 Å². The van der Waals surface area contributed by atoms with Crippen LogP contribution in [-0.2, 0) is 0 Å². The number of fused-ring (bicyclic) bond motifs is 2. The van der Waals surface area contributed by atoms with E-state index >= 15 is 0 Å². The minimum Gasteiger partial charge on any atom is -0.349 e. The van der Waals surface area contributed by atoms with Gasteiger partial charge in [-0.15, -0.1) is 0 Å². The van der Waals surface area contributed by atoms with Crippen molar-refractivity contribution in [3.8, 4) is 0 Å². The maximum Gasteiger partial charge on any atom is 0.149 e. The Hall–Kier alpha value is -0.870. The van der Waals surface area contributed by atoms with Crippen LogP contribution in [0.5, 0.6) is 0 Å². The normalized spacial score (nSPS) is 29.9. The van der Waals surface area contributed by atoms with E-state index in [2.05, 4.69) is 20.2 Å². The molecule has 3 rings (SSSR count). The summed E-state index contributed by atoms with van der Waals surface area (Å²) in [5.74, 6) is 0.909. The fourth-order valence-electron chi connectivity index (χ4n) is 2.31. The molecule has 2 aliphatic rings. The van der Waals surface area contributed by atoms with Crippen molar-refractivity contribution in [2.24, 2.45) is 0 Å². The van der Waals surface area contributed by atoms with Crippen LogP contribution in [0.3, 0.4) is 0 Å². The molecule has 2 bridgehead atoms. The minimum atomic E-state index is 0.471. The first kappa shape index (κ1) is 8.44. The number of rotatable bonds is 1. The van der Waals surface area contributed by atoms with Gasteiger partial charge in [-0.05, 0) is 6.42 Å². The number of hydrogen-bond donors (Lipinski definition) is 1. The zero-order chi connectivity index (χ0) is 9.54. The average Bonchev–Trinajstić information content (AvgIpc) is 2.78. The van der Waals surface area contributed by atoms with Crippen molar-refractivity contribution in [1.29, 1.82) is 0 Å². The highest BCUT2D eigenvalue weighted by molar-refractivity contribution is 6.29. The molecule has 14 heavy (non-hydrogen) atoms. The number of aromatic nitrogens is 2. The summed E-state index contributed by atoms with van der Waals surface area (Å²) >= 11 is 5.81. The van der Waals surface area contributed by atoms with Gasteiger partial charge in [-0.25, -0.2) is 4.98 Å². The summed E-state index contributed by atoms with van der Waals surface area (Å²) in [6, 6.07) is 1.20. The SMILES string of the molecule is Clc1cncc(N2CC3CC2CN3)n1. The van der Waals surface area contributed by atoms with E-state index in [4.69, 9.17) is 11.6 Å². The van der Waals surface area contributed by atoms with E-state index in [1.165, 1.54) is 6.42 Å². The first-order chi connectivity index (χ1) is 6.83. The van der Waals surface area contributed by atoms with E-state index in [9.17, 15) is 0 Å². The van der Waals surface area contributed by atoms with Gasteiger partial charge in [0.1, 0.15) is 11.0 Å². The third-order valence-corrected chi connectivity index (χ3v) is 3.13. The molecule has 4 nitrogen and oxygen atoms in total. The molecule has 5 heteroatoms. The van der Waals surface area contributed by atoms with Crippen LogP contribution in [0.4, 0.5) is 5.82 Å². The molecule has 1 aromatic rings. The summed E-state index contributed by atoms with van der Waals surface area (Å²) < 4.78 is 0. The molecule has 0 aromatic carbocycles. The maximum absolute atomic E-state index is 5.81. The van der Waals surface area contributed by atoms with Gasteiger partial charge in [-0.1, -0.05) is 11.6 Å². The van der Waals surface area contributed by atoms with Crippen LogP contribution in [-0.4, -0.2) is 35.1 Å². The lowest BCUT2D eigenvalue weighted by Crippen LogP contribution is -2.44. The van der Waals surface area contributed by atoms with Crippen molar-refractivity contribution in [1.82, 2.24) is 15.3 Å². The van der Waals surface area contributed by atoms with E-state index < -0.39 is 0 Å². The lowest BCUT2D eigenvalue weighted by atomic mass is 10.2. The Bertz CT molecular complexity index is 356. The summed E-state index contributed by atoms with van der Waals surface area (Å²) in [4.78, 5) is 10.6. The number of nitrogens with one attached hydrogen (secondary N) is 1. The molecule has 0 saturated carbocycles. The van der Waals surface area contributed by atoms with Crippen LogP contribution in [0.15, 0.2) is 12.4 Å². The second kappa shape index (κ2) is 3.07. The summed E-state index contributed by atoms with van der Waals surface area (Å²) in [7, 11) is 0. The molecule has 2 aliphatic heterocycles. The lowest BCUT2D eigenvalue weighted by Gasteiger charge is -2.28. The fraction of sp³-hybridized carbons (Fsp3) is 0.556.